The number of carboxylic acids is 1. The highest BCUT2D eigenvalue weighted by molar-refractivity contribution is 5.82. The third-order valence-electron chi connectivity index (χ3n) is 3.13. The van der Waals surface area contributed by atoms with E-state index in [2.05, 4.69) is 12.2 Å². The van der Waals surface area contributed by atoms with Gasteiger partial charge in [0.2, 0.25) is 0 Å². The van der Waals surface area contributed by atoms with Crippen molar-refractivity contribution in [2.45, 2.75) is 32.9 Å². The van der Waals surface area contributed by atoms with Crippen molar-refractivity contribution in [3.8, 4) is 0 Å². The average molecular weight is 264 g/mol. The second kappa shape index (κ2) is 6.78. The van der Waals surface area contributed by atoms with Crippen LogP contribution >= 0.6 is 0 Å². The van der Waals surface area contributed by atoms with E-state index in [9.17, 15) is 9.59 Å². The number of hydrogen-bond acceptors (Lipinski definition) is 2. The minimum absolute atomic E-state index is 0.388. The fraction of sp³-hybridized carbons (Fsp3) is 0.429. The first-order valence-electron chi connectivity index (χ1n) is 6.27. The van der Waals surface area contributed by atoms with E-state index in [0.29, 0.717) is 6.54 Å². The minimum atomic E-state index is -1.02. The molecule has 0 aromatic heterocycles. The van der Waals surface area contributed by atoms with E-state index >= 15 is 0 Å². The van der Waals surface area contributed by atoms with Crippen molar-refractivity contribution >= 4 is 12.0 Å². The van der Waals surface area contributed by atoms with Crippen LogP contribution in [0.3, 0.4) is 0 Å². The Morgan fingerprint density at radius 3 is 2.26 bits per heavy atom. The number of nitrogens with one attached hydrogen (secondary N) is 1. The van der Waals surface area contributed by atoms with Crippen LogP contribution in [0, 0.1) is 0 Å². The van der Waals surface area contributed by atoms with Crippen molar-refractivity contribution in [2.24, 2.45) is 0 Å². The van der Waals surface area contributed by atoms with Crippen LogP contribution in [0.5, 0.6) is 0 Å². The van der Waals surface area contributed by atoms with Crippen LogP contribution in [0.25, 0.3) is 0 Å². The lowest BCUT2D eigenvalue weighted by atomic mass is 10.1. The van der Waals surface area contributed by atoms with Crippen molar-refractivity contribution in [1.29, 1.82) is 0 Å². The van der Waals surface area contributed by atoms with Crippen molar-refractivity contribution in [3.63, 3.8) is 0 Å². The molecule has 104 valence electrons. The molecule has 2 amide bonds. The van der Waals surface area contributed by atoms with Crippen molar-refractivity contribution in [3.05, 3.63) is 35.4 Å². The van der Waals surface area contributed by atoms with Gasteiger partial charge in [-0.25, -0.2) is 9.59 Å². The Morgan fingerprint density at radius 1 is 1.26 bits per heavy atom. The molecule has 0 aliphatic heterocycles. The molecule has 1 aromatic carbocycles. The average Bonchev–Trinajstić information content (AvgIpc) is 2.43. The maximum Gasteiger partial charge on any atom is 0.326 e. The van der Waals surface area contributed by atoms with Gasteiger partial charge in [0.05, 0.1) is 0 Å². The van der Waals surface area contributed by atoms with E-state index in [1.807, 2.05) is 24.3 Å². The van der Waals surface area contributed by atoms with E-state index < -0.39 is 18.0 Å². The standard InChI is InChI=1S/C14H20N2O3/c1-4-11-5-7-12(8-6-11)9-15-14(19)16(3)10(2)13(17)18/h5-8,10H,4,9H2,1-3H3,(H,15,19)(H,17,18). The molecule has 1 aromatic rings. The number of carbonyl (C=O) groups is 2. The lowest BCUT2D eigenvalue weighted by Gasteiger charge is -2.21. The van der Waals surface area contributed by atoms with Gasteiger partial charge in [0.1, 0.15) is 6.04 Å². The van der Waals surface area contributed by atoms with Gasteiger partial charge in [0.25, 0.3) is 0 Å². The molecule has 1 unspecified atom stereocenters. The molecule has 0 saturated carbocycles. The molecular weight excluding hydrogens is 244 g/mol. The van der Waals surface area contributed by atoms with Crippen molar-refractivity contribution in [1.82, 2.24) is 10.2 Å². The molecule has 0 saturated heterocycles. The zero-order valence-corrected chi connectivity index (χ0v) is 11.5. The molecule has 0 aliphatic rings. The summed E-state index contributed by atoms with van der Waals surface area (Å²) >= 11 is 0. The molecule has 0 radical (unpaired) electrons. The Labute approximate surface area is 113 Å². The minimum Gasteiger partial charge on any atom is -0.480 e. The summed E-state index contributed by atoms with van der Waals surface area (Å²) in [6.45, 7) is 3.94. The molecule has 0 spiro atoms. The van der Waals surface area contributed by atoms with Gasteiger partial charge in [-0.15, -0.1) is 0 Å². The van der Waals surface area contributed by atoms with Crippen molar-refractivity contribution in [2.75, 3.05) is 7.05 Å². The summed E-state index contributed by atoms with van der Waals surface area (Å²) in [6, 6.07) is 6.72. The number of likely N-dealkylation sites (N-methyl/N-ethyl adjacent to an activating group) is 1. The van der Waals surface area contributed by atoms with Gasteiger partial charge in [-0.2, -0.15) is 0 Å². The number of amides is 2. The Hall–Kier alpha value is -2.04. The summed E-state index contributed by atoms with van der Waals surface area (Å²) in [7, 11) is 1.47. The zero-order chi connectivity index (χ0) is 14.4. The third kappa shape index (κ3) is 4.28. The Morgan fingerprint density at radius 2 is 1.79 bits per heavy atom. The Kier molecular flexibility index (Phi) is 5.36. The summed E-state index contributed by atoms with van der Waals surface area (Å²) in [5, 5.41) is 11.5. The molecule has 0 bridgehead atoms. The first kappa shape index (κ1) is 15.0. The van der Waals surface area contributed by atoms with Crippen LogP contribution < -0.4 is 5.32 Å². The van der Waals surface area contributed by atoms with Gasteiger partial charge in [-0.1, -0.05) is 31.2 Å². The second-order valence-corrected chi connectivity index (χ2v) is 4.45. The number of benzene rings is 1. The molecule has 19 heavy (non-hydrogen) atoms. The molecule has 1 rings (SSSR count). The number of hydrogen-bond donors (Lipinski definition) is 2. The van der Waals surface area contributed by atoms with Gasteiger partial charge in [0, 0.05) is 13.6 Å². The Bertz CT molecular complexity index is 443. The lowest BCUT2D eigenvalue weighted by Crippen LogP contribution is -2.45. The first-order valence-corrected chi connectivity index (χ1v) is 6.27. The SMILES string of the molecule is CCc1ccc(CNC(=O)N(C)C(C)C(=O)O)cc1. The van der Waals surface area contributed by atoms with Gasteiger partial charge in [0.15, 0.2) is 0 Å². The quantitative estimate of drug-likeness (QED) is 0.853. The number of aliphatic carboxylic acids is 1. The van der Waals surface area contributed by atoms with Gasteiger partial charge < -0.3 is 15.3 Å². The highest BCUT2D eigenvalue weighted by Gasteiger charge is 2.21. The van der Waals surface area contributed by atoms with Gasteiger partial charge in [-0.3, -0.25) is 0 Å². The first-order chi connectivity index (χ1) is 8.95. The highest BCUT2D eigenvalue weighted by atomic mass is 16.4. The van der Waals surface area contributed by atoms with Crippen LogP contribution in [-0.4, -0.2) is 35.1 Å². The fourth-order valence-electron chi connectivity index (χ4n) is 1.54. The summed E-state index contributed by atoms with van der Waals surface area (Å²) in [5.74, 6) is -1.02. The van der Waals surface area contributed by atoms with Crippen LogP contribution in [0.4, 0.5) is 4.79 Å². The largest absolute Gasteiger partial charge is 0.480 e. The second-order valence-electron chi connectivity index (χ2n) is 4.45. The summed E-state index contributed by atoms with van der Waals surface area (Å²) in [6.07, 6.45) is 0.978. The molecular formula is C14H20N2O3. The maximum absolute atomic E-state index is 11.7. The number of aryl methyl sites for hydroxylation is 1. The monoisotopic (exact) mass is 264 g/mol. The molecule has 2 N–H and O–H groups in total. The number of carbonyl (C=O) groups excluding carboxylic acids is 1. The van der Waals surface area contributed by atoms with Crippen LogP contribution in [0.1, 0.15) is 25.0 Å². The molecule has 0 heterocycles. The predicted molar refractivity (Wildman–Crippen MR) is 72.9 cm³/mol. The molecule has 0 fully saturated rings. The Balaban J connectivity index is 2.51. The van der Waals surface area contributed by atoms with Crippen LogP contribution in [0.2, 0.25) is 0 Å². The van der Waals surface area contributed by atoms with Crippen LogP contribution in [0.15, 0.2) is 24.3 Å². The normalized spacial score (nSPS) is 11.7. The number of urea groups is 1. The third-order valence-corrected chi connectivity index (χ3v) is 3.13. The summed E-state index contributed by atoms with van der Waals surface area (Å²) in [4.78, 5) is 23.7. The smallest absolute Gasteiger partial charge is 0.326 e. The number of rotatable bonds is 5. The van der Waals surface area contributed by atoms with Crippen molar-refractivity contribution < 1.29 is 14.7 Å². The van der Waals surface area contributed by atoms with Crippen LogP contribution in [-0.2, 0) is 17.8 Å². The maximum atomic E-state index is 11.7. The number of carboxylic acid groups (broad SMARTS) is 1. The summed E-state index contributed by atoms with van der Waals surface area (Å²) < 4.78 is 0. The van der Waals surface area contributed by atoms with E-state index in [1.165, 1.54) is 24.4 Å². The van der Waals surface area contributed by atoms with Gasteiger partial charge in [-0.05, 0) is 24.5 Å². The number of nitrogens with zero attached hydrogens (tertiary/aromatic N) is 1. The molecule has 5 nitrogen and oxygen atoms in total. The van der Waals surface area contributed by atoms with E-state index in [4.69, 9.17) is 5.11 Å². The molecule has 5 heteroatoms. The van der Waals surface area contributed by atoms with E-state index in [1.54, 1.807) is 0 Å². The zero-order valence-electron chi connectivity index (χ0n) is 11.5. The van der Waals surface area contributed by atoms with E-state index in [-0.39, 0.29) is 0 Å². The molecule has 0 aliphatic carbocycles. The predicted octanol–water partition coefficient (Wildman–Crippen LogP) is 1.86. The van der Waals surface area contributed by atoms with E-state index in [0.717, 1.165) is 12.0 Å². The topological polar surface area (TPSA) is 69.6 Å². The molecule has 1 atom stereocenters. The highest BCUT2D eigenvalue weighted by Crippen LogP contribution is 2.05. The summed E-state index contributed by atoms with van der Waals surface area (Å²) in [5.41, 5.74) is 2.23. The van der Waals surface area contributed by atoms with Gasteiger partial charge >= 0.3 is 12.0 Å². The lowest BCUT2D eigenvalue weighted by molar-refractivity contribution is -0.141. The fourth-order valence-corrected chi connectivity index (χ4v) is 1.54.